The first-order valence-electron chi connectivity index (χ1n) is 7.37. The molecule has 4 nitrogen and oxygen atoms in total. The molecule has 0 amide bonds. The van der Waals surface area contributed by atoms with E-state index < -0.39 is 9.04 Å². The van der Waals surface area contributed by atoms with Crippen molar-refractivity contribution in [2.45, 2.75) is 39.9 Å². The molecule has 0 aliphatic carbocycles. The van der Waals surface area contributed by atoms with Crippen LogP contribution in [0.1, 0.15) is 36.8 Å². The lowest BCUT2D eigenvalue weighted by atomic mass is 10.1. The number of aromatic nitrogens is 2. The topological polar surface area (TPSA) is 47.4 Å². The predicted octanol–water partition coefficient (Wildman–Crippen LogP) is 3.99. The summed E-state index contributed by atoms with van der Waals surface area (Å²) in [4.78, 5) is 13.4. The molecule has 1 aromatic heterocycles. The van der Waals surface area contributed by atoms with Crippen molar-refractivity contribution in [2.75, 3.05) is 0 Å². The maximum absolute atomic E-state index is 5.97. The number of aliphatic imine (C=N–C) groups is 1. The number of nitrogens with zero attached hydrogens (tertiary/aromatic N) is 3. The molecule has 0 aliphatic rings. The van der Waals surface area contributed by atoms with E-state index in [0.717, 1.165) is 28.4 Å². The number of benzene rings is 1. The summed E-state index contributed by atoms with van der Waals surface area (Å²) in [6.45, 7) is 10.2. The Balaban J connectivity index is 2.26. The Labute approximate surface area is 134 Å². The van der Waals surface area contributed by atoms with E-state index in [9.17, 15) is 0 Å². The van der Waals surface area contributed by atoms with Gasteiger partial charge in [-0.1, -0.05) is 18.2 Å². The molecule has 22 heavy (non-hydrogen) atoms. The van der Waals surface area contributed by atoms with Gasteiger partial charge in [-0.05, 0) is 39.9 Å². The minimum absolute atomic E-state index is 0.0145. The van der Waals surface area contributed by atoms with Crippen LogP contribution in [-0.4, -0.2) is 24.7 Å². The van der Waals surface area contributed by atoms with E-state index in [1.165, 1.54) is 0 Å². The average Bonchev–Trinajstić information content (AvgIpc) is 2.47. The third-order valence-corrected chi connectivity index (χ3v) is 3.85. The summed E-state index contributed by atoms with van der Waals surface area (Å²) < 4.78 is 5.97. The van der Waals surface area contributed by atoms with Gasteiger partial charge in [0, 0.05) is 11.8 Å². The van der Waals surface area contributed by atoms with Crippen LogP contribution in [0.2, 0.25) is 13.1 Å². The highest BCUT2D eigenvalue weighted by molar-refractivity contribution is 6.49. The van der Waals surface area contributed by atoms with E-state index in [1.54, 1.807) is 12.4 Å². The van der Waals surface area contributed by atoms with Crippen LogP contribution in [0.4, 0.5) is 0 Å². The molecule has 0 spiro atoms. The van der Waals surface area contributed by atoms with Crippen LogP contribution in [0.3, 0.4) is 0 Å². The molecule has 2 rings (SSSR count). The smallest absolute Gasteiger partial charge is 0.274 e. The van der Waals surface area contributed by atoms with Crippen molar-refractivity contribution in [3.63, 3.8) is 0 Å². The second-order valence-corrected chi connectivity index (χ2v) is 7.50. The summed E-state index contributed by atoms with van der Waals surface area (Å²) >= 11 is 0. The highest BCUT2D eigenvalue weighted by Gasteiger charge is 2.13. The van der Waals surface area contributed by atoms with Crippen molar-refractivity contribution in [2.24, 2.45) is 4.99 Å². The monoisotopic (exact) mass is 312 g/mol. The minimum atomic E-state index is -0.797. The van der Waals surface area contributed by atoms with Crippen LogP contribution >= 0.6 is 0 Å². The van der Waals surface area contributed by atoms with E-state index in [0.29, 0.717) is 0 Å². The van der Waals surface area contributed by atoms with Gasteiger partial charge in [0.25, 0.3) is 9.04 Å². The van der Waals surface area contributed by atoms with Gasteiger partial charge in [0.05, 0.1) is 23.6 Å². The molecule has 0 bridgehead atoms. The molecule has 0 aliphatic heterocycles. The van der Waals surface area contributed by atoms with Crippen molar-refractivity contribution >= 4 is 14.8 Å². The standard InChI is InChI=1S/C17H22N3OSi/c1-12-10-19-16(11-18-12)14(3)20-13(2)15-8-6-7-9-17(15)21-22(4)5/h6-11,13H,1-5H3. The van der Waals surface area contributed by atoms with Crippen molar-refractivity contribution < 1.29 is 4.43 Å². The van der Waals surface area contributed by atoms with Gasteiger partial charge < -0.3 is 4.43 Å². The molecule has 0 saturated carbocycles. The van der Waals surface area contributed by atoms with E-state index in [2.05, 4.69) is 36.1 Å². The second kappa shape index (κ2) is 7.31. The summed E-state index contributed by atoms with van der Waals surface area (Å²) in [5.74, 6) is 0.931. The molecule has 0 N–H and O–H groups in total. The van der Waals surface area contributed by atoms with Gasteiger partial charge in [0.15, 0.2) is 0 Å². The Hall–Kier alpha value is -2.01. The van der Waals surface area contributed by atoms with Crippen molar-refractivity contribution in [1.29, 1.82) is 0 Å². The summed E-state index contributed by atoms with van der Waals surface area (Å²) in [6, 6.07) is 8.12. The molecule has 1 atom stereocenters. The van der Waals surface area contributed by atoms with Gasteiger partial charge in [-0.25, -0.2) is 0 Å². The molecule has 0 fully saturated rings. The van der Waals surface area contributed by atoms with Crippen LogP contribution in [0.15, 0.2) is 41.7 Å². The molecule has 1 unspecified atom stereocenters. The molecule has 1 aromatic carbocycles. The van der Waals surface area contributed by atoms with Gasteiger partial charge >= 0.3 is 0 Å². The molecular weight excluding hydrogens is 290 g/mol. The summed E-state index contributed by atoms with van der Waals surface area (Å²) in [5.41, 5.74) is 3.71. The fourth-order valence-electron chi connectivity index (χ4n) is 2.14. The second-order valence-electron chi connectivity index (χ2n) is 5.48. The molecule has 0 saturated heterocycles. The van der Waals surface area contributed by atoms with Crippen molar-refractivity contribution in [1.82, 2.24) is 9.97 Å². The molecule has 2 aromatic rings. The summed E-state index contributed by atoms with van der Waals surface area (Å²) in [7, 11) is -0.797. The first-order valence-corrected chi connectivity index (χ1v) is 9.78. The molecular formula is C17H22N3OSi. The third-order valence-electron chi connectivity index (χ3n) is 3.22. The fourth-order valence-corrected chi connectivity index (χ4v) is 2.77. The lowest BCUT2D eigenvalue weighted by Crippen LogP contribution is -2.13. The highest BCUT2D eigenvalue weighted by atomic mass is 28.3. The van der Waals surface area contributed by atoms with Gasteiger partial charge in [0.2, 0.25) is 0 Å². The normalized spacial score (nSPS) is 13.3. The van der Waals surface area contributed by atoms with Crippen molar-refractivity contribution in [3.8, 4) is 5.75 Å². The highest BCUT2D eigenvalue weighted by Crippen LogP contribution is 2.28. The number of hydrogen-bond donors (Lipinski definition) is 0. The SMILES string of the molecule is CC(=NC(C)c1ccccc1O[Si](C)C)c1cnc(C)cn1. The summed E-state index contributed by atoms with van der Waals surface area (Å²) in [6.07, 6.45) is 3.53. The Kier molecular flexibility index (Phi) is 5.44. The molecule has 1 radical (unpaired) electrons. The Morgan fingerprint density at radius 3 is 2.55 bits per heavy atom. The van der Waals surface area contributed by atoms with Crippen LogP contribution in [-0.2, 0) is 0 Å². The van der Waals surface area contributed by atoms with Gasteiger partial charge in [-0.2, -0.15) is 0 Å². The quantitative estimate of drug-likeness (QED) is 0.619. The minimum Gasteiger partial charge on any atom is -0.542 e. The Morgan fingerprint density at radius 2 is 1.91 bits per heavy atom. The van der Waals surface area contributed by atoms with E-state index in [-0.39, 0.29) is 6.04 Å². The van der Waals surface area contributed by atoms with Crippen LogP contribution in [0, 0.1) is 6.92 Å². The lowest BCUT2D eigenvalue weighted by molar-refractivity contribution is 0.563. The lowest BCUT2D eigenvalue weighted by Gasteiger charge is -2.16. The number of rotatable bonds is 5. The van der Waals surface area contributed by atoms with Crippen LogP contribution in [0.5, 0.6) is 5.75 Å². The van der Waals surface area contributed by atoms with Gasteiger partial charge in [0.1, 0.15) is 11.4 Å². The Morgan fingerprint density at radius 1 is 1.18 bits per heavy atom. The van der Waals surface area contributed by atoms with Gasteiger partial charge in [-0.3, -0.25) is 15.0 Å². The van der Waals surface area contributed by atoms with E-state index >= 15 is 0 Å². The summed E-state index contributed by atoms with van der Waals surface area (Å²) in [5, 5.41) is 0. The zero-order valence-electron chi connectivity index (χ0n) is 13.8. The average molecular weight is 312 g/mol. The first-order chi connectivity index (χ1) is 10.5. The van der Waals surface area contributed by atoms with Crippen molar-refractivity contribution in [3.05, 3.63) is 53.6 Å². The largest absolute Gasteiger partial charge is 0.542 e. The number of hydrogen-bond acceptors (Lipinski definition) is 4. The molecule has 5 heteroatoms. The Bertz CT molecular complexity index is 653. The maximum Gasteiger partial charge on any atom is 0.274 e. The number of aryl methyl sites for hydroxylation is 1. The van der Waals surface area contributed by atoms with E-state index in [1.807, 2.05) is 32.0 Å². The fraction of sp³-hybridized carbons (Fsp3) is 0.353. The zero-order valence-corrected chi connectivity index (χ0v) is 14.8. The zero-order chi connectivity index (χ0) is 16.1. The van der Waals surface area contributed by atoms with Gasteiger partial charge in [-0.15, -0.1) is 0 Å². The predicted molar refractivity (Wildman–Crippen MR) is 91.9 cm³/mol. The molecule has 115 valence electrons. The molecule has 1 heterocycles. The maximum atomic E-state index is 5.97. The van der Waals surface area contributed by atoms with Crippen LogP contribution < -0.4 is 4.43 Å². The van der Waals surface area contributed by atoms with E-state index in [4.69, 9.17) is 9.42 Å². The first kappa shape index (κ1) is 16.4. The number of para-hydroxylation sites is 1. The van der Waals surface area contributed by atoms with Crippen LogP contribution in [0.25, 0.3) is 0 Å². The third kappa shape index (κ3) is 4.24.